The van der Waals surface area contributed by atoms with E-state index in [1.807, 2.05) is 6.92 Å². The average Bonchev–Trinajstić information content (AvgIpc) is 3.37. The molecule has 2 aliphatic heterocycles. The lowest BCUT2D eigenvalue weighted by molar-refractivity contribution is -0.265. The summed E-state index contributed by atoms with van der Waals surface area (Å²) >= 11 is 0. The molecule has 0 amide bonds. The number of carbonyl (C=O) groups is 1. The maximum absolute atomic E-state index is 12.0. The van der Waals surface area contributed by atoms with Crippen LogP contribution in [0.3, 0.4) is 0 Å². The molecule has 0 aromatic rings. The van der Waals surface area contributed by atoms with Gasteiger partial charge in [-0.2, -0.15) is 0 Å². The largest absolute Gasteiger partial charge is 0.458 e. The van der Waals surface area contributed by atoms with Gasteiger partial charge in [-0.05, 0) is 104 Å². The molecule has 1 saturated heterocycles. The van der Waals surface area contributed by atoms with Crippen molar-refractivity contribution in [1.82, 2.24) is 0 Å². The van der Waals surface area contributed by atoms with Crippen molar-refractivity contribution in [1.29, 1.82) is 0 Å². The zero-order chi connectivity index (χ0) is 26.4. The number of fused-ring (bicyclic) bond motifs is 5. The summed E-state index contributed by atoms with van der Waals surface area (Å²) in [5.41, 5.74) is 1.17. The van der Waals surface area contributed by atoms with Crippen molar-refractivity contribution < 1.29 is 29.2 Å². The predicted molar refractivity (Wildman–Crippen MR) is 139 cm³/mol. The minimum absolute atomic E-state index is 0.00300. The van der Waals surface area contributed by atoms with Crippen molar-refractivity contribution in [3.05, 3.63) is 11.6 Å². The summed E-state index contributed by atoms with van der Waals surface area (Å²) in [7, 11) is 0. The molecular weight excluding hydrogens is 468 g/mol. The number of rotatable bonds is 3. The summed E-state index contributed by atoms with van der Waals surface area (Å²) in [6.45, 7) is 12.2. The van der Waals surface area contributed by atoms with Crippen LogP contribution in [0.5, 0.6) is 0 Å². The minimum Gasteiger partial charge on any atom is -0.458 e. The van der Waals surface area contributed by atoms with Gasteiger partial charge in [-0.3, -0.25) is 0 Å². The van der Waals surface area contributed by atoms with Crippen molar-refractivity contribution in [2.24, 2.45) is 39.4 Å². The molecule has 5 fully saturated rings. The average molecular weight is 517 g/mol. The summed E-state index contributed by atoms with van der Waals surface area (Å²) in [5.74, 6) is 1.03. The molecular formula is C31H48O6. The summed E-state index contributed by atoms with van der Waals surface area (Å²) in [5, 5.41) is 22.2. The van der Waals surface area contributed by atoms with Gasteiger partial charge in [0.15, 0.2) is 6.29 Å². The van der Waals surface area contributed by atoms with Crippen LogP contribution in [-0.4, -0.2) is 53.5 Å². The van der Waals surface area contributed by atoms with E-state index in [1.165, 1.54) is 12.8 Å². The van der Waals surface area contributed by atoms with Gasteiger partial charge in [0.2, 0.25) is 0 Å². The summed E-state index contributed by atoms with van der Waals surface area (Å²) < 4.78 is 17.8. The molecule has 12 atom stereocenters. The molecule has 6 nitrogen and oxygen atoms in total. The van der Waals surface area contributed by atoms with Gasteiger partial charge in [0.05, 0.1) is 24.4 Å². The standard InChI is InChI=1S/C31H48O6/c1-18-12-21(32)15-27(36-18)37-22-7-9-28(2)20(14-22)6-10-29(3)24(28)16-25(33)31(5)23(8-11-30(29,31)4)19-13-26(34)35-17-19/h13,18,20-25,27,32-33H,6-12,14-17H2,1-5H3. The van der Waals surface area contributed by atoms with E-state index in [-0.39, 0.29) is 64.3 Å². The van der Waals surface area contributed by atoms with Gasteiger partial charge in [-0.25, -0.2) is 4.79 Å². The van der Waals surface area contributed by atoms with E-state index in [0.29, 0.717) is 31.3 Å². The fourth-order valence-corrected chi connectivity index (χ4v) is 10.9. The zero-order valence-electron chi connectivity index (χ0n) is 23.5. The van der Waals surface area contributed by atoms with E-state index >= 15 is 0 Å². The Balaban J connectivity index is 1.23. The Hall–Kier alpha value is -0.950. The van der Waals surface area contributed by atoms with Gasteiger partial charge in [-0.1, -0.05) is 27.7 Å². The molecule has 4 saturated carbocycles. The van der Waals surface area contributed by atoms with E-state index in [0.717, 1.165) is 44.1 Å². The first-order valence-electron chi connectivity index (χ1n) is 14.9. The number of carbonyl (C=O) groups excluding carboxylic acids is 1. The molecule has 0 aromatic carbocycles. The van der Waals surface area contributed by atoms with Crippen LogP contribution in [0.25, 0.3) is 0 Å². The fraction of sp³-hybridized carbons (Fsp3) is 0.903. The van der Waals surface area contributed by atoms with Crippen molar-refractivity contribution in [2.45, 2.75) is 130 Å². The van der Waals surface area contributed by atoms with E-state index in [9.17, 15) is 15.0 Å². The second kappa shape index (κ2) is 8.78. The SMILES string of the molecule is CC1CC(O)CC(OC2CCC3(C)C(CCC4(C)C3CC(O)C3(C)C(C5=CC(=O)OC5)CCC43C)C2)O1. The Morgan fingerprint density at radius 1 is 0.973 bits per heavy atom. The van der Waals surface area contributed by atoms with Gasteiger partial charge < -0.3 is 24.4 Å². The molecule has 2 N–H and O–H groups in total. The van der Waals surface area contributed by atoms with Crippen LogP contribution >= 0.6 is 0 Å². The molecule has 6 aliphatic rings. The monoisotopic (exact) mass is 516 g/mol. The summed E-state index contributed by atoms with van der Waals surface area (Å²) in [6.07, 6.45) is 10.7. The van der Waals surface area contributed by atoms with E-state index in [1.54, 1.807) is 6.08 Å². The number of esters is 1. The Kier molecular flexibility index (Phi) is 6.23. The number of aliphatic hydroxyl groups is 2. The third-order valence-electron chi connectivity index (χ3n) is 13.2. The first kappa shape index (κ1) is 26.3. The van der Waals surface area contributed by atoms with Crippen molar-refractivity contribution in [3.8, 4) is 0 Å². The molecule has 0 aromatic heterocycles. The summed E-state index contributed by atoms with van der Waals surface area (Å²) in [4.78, 5) is 11.9. The maximum Gasteiger partial charge on any atom is 0.331 e. The highest BCUT2D eigenvalue weighted by Gasteiger charge is 2.73. The highest BCUT2D eigenvalue weighted by molar-refractivity contribution is 5.85. The van der Waals surface area contributed by atoms with Gasteiger partial charge in [0, 0.05) is 17.9 Å². The van der Waals surface area contributed by atoms with Gasteiger partial charge in [0.25, 0.3) is 0 Å². The third-order valence-corrected chi connectivity index (χ3v) is 13.2. The number of cyclic esters (lactones) is 1. The Labute approximate surface area is 222 Å². The number of aliphatic hydroxyl groups excluding tert-OH is 2. The highest BCUT2D eigenvalue weighted by Crippen LogP contribution is 2.78. The lowest BCUT2D eigenvalue weighted by atomic mass is 9.34. The van der Waals surface area contributed by atoms with Crippen LogP contribution in [0.2, 0.25) is 0 Å². The Bertz CT molecular complexity index is 953. The molecule has 0 spiro atoms. The number of hydrogen-bond donors (Lipinski definition) is 2. The molecule has 6 rings (SSSR count). The first-order chi connectivity index (χ1) is 17.4. The first-order valence-corrected chi connectivity index (χ1v) is 14.9. The molecule has 2 heterocycles. The molecule has 6 heteroatoms. The Morgan fingerprint density at radius 3 is 2.46 bits per heavy atom. The minimum atomic E-state index is -0.386. The zero-order valence-corrected chi connectivity index (χ0v) is 23.5. The van der Waals surface area contributed by atoms with Crippen molar-refractivity contribution >= 4 is 5.97 Å². The van der Waals surface area contributed by atoms with Crippen LogP contribution < -0.4 is 0 Å². The molecule has 0 bridgehead atoms. The van der Waals surface area contributed by atoms with Crippen LogP contribution in [-0.2, 0) is 19.0 Å². The quantitative estimate of drug-likeness (QED) is 0.399. The topological polar surface area (TPSA) is 85.2 Å². The van der Waals surface area contributed by atoms with Gasteiger partial charge in [-0.15, -0.1) is 0 Å². The lowest BCUT2D eigenvalue weighted by Gasteiger charge is -2.71. The van der Waals surface area contributed by atoms with Gasteiger partial charge in [0.1, 0.15) is 6.61 Å². The maximum atomic E-state index is 12.0. The van der Waals surface area contributed by atoms with Crippen molar-refractivity contribution in [3.63, 3.8) is 0 Å². The fourth-order valence-electron chi connectivity index (χ4n) is 10.9. The van der Waals surface area contributed by atoms with Crippen molar-refractivity contribution in [2.75, 3.05) is 6.61 Å². The normalized spacial score (nSPS) is 55.6. The molecule has 37 heavy (non-hydrogen) atoms. The Morgan fingerprint density at radius 2 is 1.76 bits per heavy atom. The number of ether oxygens (including phenoxy) is 3. The van der Waals surface area contributed by atoms with E-state index in [4.69, 9.17) is 14.2 Å². The second-order valence-corrected chi connectivity index (χ2v) is 14.5. The molecule has 4 aliphatic carbocycles. The number of hydrogen-bond acceptors (Lipinski definition) is 6. The smallest absolute Gasteiger partial charge is 0.331 e. The van der Waals surface area contributed by atoms with Crippen LogP contribution in [0.15, 0.2) is 11.6 Å². The molecule has 0 radical (unpaired) electrons. The van der Waals surface area contributed by atoms with E-state index in [2.05, 4.69) is 27.7 Å². The third kappa shape index (κ3) is 3.68. The van der Waals surface area contributed by atoms with Crippen LogP contribution in [0.4, 0.5) is 0 Å². The van der Waals surface area contributed by atoms with E-state index < -0.39 is 0 Å². The predicted octanol–water partition coefficient (Wildman–Crippen LogP) is 5.15. The molecule has 208 valence electrons. The van der Waals surface area contributed by atoms with Crippen LogP contribution in [0, 0.1) is 39.4 Å². The lowest BCUT2D eigenvalue weighted by Crippen LogP contribution is -2.67. The summed E-state index contributed by atoms with van der Waals surface area (Å²) in [6, 6.07) is 0. The molecule has 12 unspecified atom stereocenters. The van der Waals surface area contributed by atoms with Crippen LogP contribution in [0.1, 0.15) is 98.8 Å². The van der Waals surface area contributed by atoms with Gasteiger partial charge >= 0.3 is 5.97 Å². The second-order valence-electron chi connectivity index (χ2n) is 14.5. The highest BCUT2D eigenvalue weighted by atomic mass is 16.7.